The van der Waals surface area contributed by atoms with Crippen molar-refractivity contribution in [2.24, 2.45) is 5.92 Å². The van der Waals surface area contributed by atoms with E-state index in [1.165, 1.54) is 0 Å². The van der Waals surface area contributed by atoms with Crippen LogP contribution in [0.4, 0.5) is 5.69 Å². The molecule has 2 aliphatic heterocycles. The SMILES string of the molecule is CC(C)(O)c1ccc(N2CCOC3=C2C=CC(C(=O)N2CCCC2)C3Cl)cc1. The van der Waals surface area contributed by atoms with Crippen molar-refractivity contribution in [1.82, 2.24) is 4.90 Å². The number of amides is 1. The Labute approximate surface area is 171 Å². The molecule has 1 saturated heterocycles. The fourth-order valence-electron chi connectivity index (χ4n) is 4.10. The summed E-state index contributed by atoms with van der Waals surface area (Å²) in [5.74, 6) is 0.395. The minimum Gasteiger partial charge on any atom is -0.492 e. The van der Waals surface area contributed by atoms with Crippen molar-refractivity contribution >= 4 is 23.2 Å². The summed E-state index contributed by atoms with van der Waals surface area (Å²) in [6.45, 7) is 6.42. The van der Waals surface area contributed by atoms with E-state index in [0.29, 0.717) is 18.9 Å². The molecule has 1 aromatic carbocycles. The van der Waals surface area contributed by atoms with Gasteiger partial charge in [0.1, 0.15) is 17.7 Å². The molecule has 0 aromatic heterocycles. The Morgan fingerprint density at radius 1 is 1.18 bits per heavy atom. The summed E-state index contributed by atoms with van der Waals surface area (Å²) in [5, 5.41) is 9.68. The number of anilines is 1. The number of rotatable bonds is 3. The number of nitrogens with zero attached hydrogens (tertiary/aromatic N) is 2. The Morgan fingerprint density at radius 2 is 1.86 bits per heavy atom. The Balaban J connectivity index is 1.58. The molecule has 1 N–H and O–H groups in total. The predicted molar refractivity (Wildman–Crippen MR) is 110 cm³/mol. The Morgan fingerprint density at radius 3 is 2.50 bits per heavy atom. The molecule has 3 aliphatic rings. The van der Waals surface area contributed by atoms with Crippen LogP contribution >= 0.6 is 11.6 Å². The molecule has 6 heteroatoms. The van der Waals surface area contributed by atoms with Crippen molar-refractivity contribution in [3.05, 3.63) is 53.4 Å². The first-order chi connectivity index (χ1) is 13.4. The van der Waals surface area contributed by atoms with Crippen LogP contribution in [0.15, 0.2) is 47.9 Å². The van der Waals surface area contributed by atoms with E-state index in [-0.39, 0.29) is 11.8 Å². The van der Waals surface area contributed by atoms with Crippen molar-refractivity contribution in [2.45, 2.75) is 37.7 Å². The molecule has 0 radical (unpaired) electrons. The molecule has 0 spiro atoms. The lowest BCUT2D eigenvalue weighted by molar-refractivity contribution is -0.133. The van der Waals surface area contributed by atoms with E-state index in [2.05, 4.69) is 4.90 Å². The number of carbonyl (C=O) groups is 1. The van der Waals surface area contributed by atoms with Gasteiger partial charge in [0.25, 0.3) is 0 Å². The Bertz CT molecular complexity index is 804. The molecular formula is C22H27ClN2O3. The van der Waals surface area contributed by atoms with Crippen LogP contribution < -0.4 is 4.90 Å². The van der Waals surface area contributed by atoms with Gasteiger partial charge in [-0.3, -0.25) is 4.79 Å². The lowest BCUT2D eigenvalue weighted by atomic mass is 9.94. The van der Waals surface area contributed by atoms with Crippen LogP contribution in [0.2, 0.25) is 0 Å². The number of ether oxygens (including phenoxy) is 1. The van der Waals surface area contributed by atoms with E-state index in [4.69, 9.17) is 16.3 Å². The first-order valence-electron chi connectivity index (χ1n) is 9.95. The lowest BCUT2D eigenvalue weighted by Gasteiger charge is -2.38. The number of hydrogen-bond donors (Lipinski definition) is 1. The number of alkyl halides is 1. The van der Waals surface area contributed by atoms with E-state index in [1.807, 2.05) is 41.3 Å². The molecule has 150 valence electrons. The van der Waals surface area contributed by atoms with Crippen LogP contribution in [0.1, 0.15) is 32.3 Å². The van der Waals surface area contributed by atoms with Gasteiger partial charge in [-0.15, -0.1) is 11.6 Å². The third-order valence-electron chi connectivity index (χ3n) is 5.73. The number of benzene rings is 1. The molecule has 0 bridgehead atoms. The van der Waals surface area contributed by atoms with E-state index in [9.17, 15) is 9.90 Å². The maximum absolute atomic E-state index is 12.8. The molecule has 2 heterocycles. The molecule has 28 heavy (non-hydrogen) atoms. The summed E-state index contributed by atoms with van der Waals surface area (Å²) in [6, 6.07) is 7.88. The van der Waals surface area contributed by atoms with E-state index >= 15 is 0 Å². The van der Waals surface area contributed by atoms with Gasteiger partial charge in [-0.2, -0.15) is 0 Å². The zero-order chi connectivity index (χ0) is 19.9. The molecule has 1 aliphatic carbocycles. The lowest BCUT2D eigenvalue weighted by Crippen LogP contribution is -2.42. The van der Waals surface area contributed by atoms with Crippen LogP contribution in [-0.4, -0.2) is 47.5 Å². The van der Waals surface area contributed by atoms with Crippen LogP contribution in [-0.2, 0) is 15.1 Å². The summed E-state index contributed by atoms with van der Waals surface area (Å²) in [6.07, 6.45) is 6.02. The average Bonchev–Trinajstić information content (AvgIpc) is 3.22. The number of hydrogen-bond acceptors (Lipinski definition) is 4. The van der Waals surface area contributed by atoms with Crippen molar-refractivity contribution in [2.75, 3.05) is 31.1 Å². The summed E-state index contributed by atoms with van der Waals surface area (Å²) < 4.78 is 5.91. The van der Waals surface area contributed by atoms with Gasteiger partial charge >= 0.3 is 0 Å². The number of allylic oxidation sites excluding steroid dienone is 2. The minimum absolute atomic E-state index is 0.0931. The van der Waals surface area contributed by atoms with Crippen molar-refractivity contribution in [3.63, 3.8) is 0 Å². The van der Waals surface area contributed by atoms with Crippen LogP contribution in [0, 0.1) is 5.92 Å². The highest BCUT2D eigenvalue weighted by Crippen LogP contribution is 2.37. The maximum Gasteiger partial charge on any atom is 0.231 e. The minimum atomic E-state index is -0.872. The molecule has 1 amide bonds. The van der Waals surface area contributed by atoms with Gasteiger partial charge in [-0.05, 0) is 50.5 Å². The molecule has 2 atom stereocenters. The summed E-state index contributed by atoms with van der Waals surface area (Å²) in [5.41, 5.74) is 1.92. The monoisotopic (exact) mass is 402 g/mol. The molecule has 4 rings (SSSR count). The van der Waals surface area contributed by atoms with Gasteiger partial charge in [0.2, 0.25) is 5.91 Å². The highest BCUT2D eigenvalue weighted by Gasteiger charge is 2.39. The highest BCUT2D eigenvalue weighted by atomic mass is 35.5. The van der Waals surface area contributed by atoms with Gasteiger partial charge in [-0.25, -0.2) is 0 Å². The predicted octanol–water partition coefficient (Wildman–Crippen LogP) is 3.38. The third-order valence-corrected chi connectivity index (χ3v) is 6.20. The normalized spacial score (nSPS) is 25.0. The van der Waals surface area contributed by atoms with Crippen LogP contribution in [0.5, 0.6) is 0 Å². The van der Waals surface area contributed by atoms with Gasteiger partial charge < -0.3 is 19.6 Å². The zero-order valence-corrected chi connectivity index (χ0v) is 17.2. The smallest absolute Gasteiger partial charge is 0.231 e. The molecule has 1 aromatic rings. The fourth-order valence-corrected chi connectivity index (χ4v) is 4.46. The van der Waals surface area contributed by atoms with E-state index in [1.54, 1.807) is 13.8 Å². The molecule has 5 nitrogen and oxygen atoms in total. The molecular weight excluding hydrogens is 376 g/mol. The first kappa shape index (κ1) is 19.3. The molecule has 1 fully saturated rings. The topological polar surface area (TPSA) is 53.0 Å². The van der Waals surface area contributed by atoms with Crippen molar-refractivity contribution in [3.8, 4) is 0 Å². The van der Waals surface area contributed by atoms with Crippen molar-refractivity contribution < 1.29 is 14.6 Å². The van der Waals surface area contributed by atoms with Crippen LogP contribution in [0.25, 0.3) is 0 Å². The second-order valence-electron chi connectivity index (χ2n) is 8.17. The first-order valence-corrected chi connectivity index (χ1v) is 10.4. The molecule has 0 saturated carbocycles. The van der Waals surface area contributed by atoms with Gasteiger partial charge in [0.15, 0.2) is 0 Å². The average molecular weight is 403 g/mol. The second-order valence-corrected chi connectivity index (χ2v) is 8.64. The number of aliphatic hydroxyl groups is 1. The summed E-state index contributed by atoms with van der Waals surface area (Å²) >= 11 is 6.73. The largest absolute Gasteiger partial charge is 0.492 e. The van der Waals surface area contributed by atoms with Gasteiger partial charge in [0.05, 0.1) is 23.8 Å². The van der Waals surface area contributed by atoms with Crippen molar-refractivity contribution in [1.29, 1.82) is 0 Å². The number of halogens is 1. The third kappa shape index (κ3) is 3.53. The van der Waals surface area contributed by atoms with E-state index < -0.39 is 11.0 Å². The standard InChI is InChI=1S/C22H27ClN2O3/c1-22(2,27)15-5-7-16(8-6-15)25-13-14-28-20-18(25)10-9-17(19(20)23)21(26)24-11-3-4-12-24/h5-10,17,19,27H,3-4,11-14H2,1-2H3. The summed E-state index contributed by atoms with van der Waals surface area (Å²) in [4.78, 5) is 16.9. The number of likely N-dealkylation sites (tertiary alicyclic amines) is 1. The Kier molecular flexibility index (Phi) is 5.15. The fraction of sp³-hybridized carbons (Fsp3) is 0.500. The van der Waals surface area contributed by atoms with Crippen LogP contribution in [0.3, 0.4) is 0 Å². The second kappa shape index (κ2) is 7.45. The number of carbonyl (C=O) groups excluding carboxylic acids is 1. The quantitative estimate of drug-likeness (QED) is 0.787. The maximum atomic E-state index is 12.8. The summed E-state index contributed by atoms with van der Waals surface area (Å²) in [7, 11) is 0. The zero-order valence-electron chi connectivity index (χ0n) is 16.4. The van der Waals surface area contributed by atoms with Gasteiger partial charge in [-0.1, -0.05) is 18.2 Å². The highest BCUT2D eigenvalue weighted by molar-refractivity contribution is 6.24. The van der Waals surface area contributed by atoms with E-state index in [0.717, 1.165) is 42.9 Å². The Hall–Kier alpha value is -1.98. The van der Waals surface area contributed by atoms with Gasteiger partial charge in [0, 0.05) is 18.8 Å². The molecule has 2 unspecified atom stereocenters.